The van der Waals surface area contributed by atoms with Crippen molar-refractivity contribution in [2.75, 3.05) is 11.1 Å². The van der Waals surface area contributed by atoms with Crippen molar-refractivity contribution in [3.63, 3.8) is 0 Å². The minimum atomic E-state index is -0.221. The zero-order valence-corrected chi connectivity index (χ0v) is 18.1. The van der Waals surface area contributed by atoms with Gasteiger partial charge < -0.3 is 0 Å². The van der Waals surface area contributed by atoms with E-state index in [0.717, 1.165) is 36.7 Å². The van der Waals surface area contributed by atoms with E-state index in [-0.39, 0.29) is 5.91 Å². The van der Waals surface area contributed by atoms with Gasteiger partial charge in [-0.15, -0.1) is 10.2 Å². The van der Waals surface area contributed by atoms with Crippen LogP contribution in [-0.4, -0.2) is 26.8 Å². The van der Waals surface area contributed by atoms with Crippen LogP contribution in [0.25, 0.3) is 22.2 Å². The third kappa shape index (κ3) is 4.09. The topological polar surface area (TPSA) is 67.8 Å². The first-order valence-electron chi connectivity index (χ1n) is 8.57. The summed E-state index contributed by atoms with van der Waals surface area (Å²) < 4.78 is 1.83. The molecule has 0 saturated heterocycles. The molecule has 0 spiro atoms. The van der Waals surface area contributed by atoms with Gasteiger partial charge in [-0.05, 0) is 30.0 Å². The second-order valence-electron chi connectivity index (χ2n) is 5.84. The van der Waals surface area contributed by atoms with Gasteiger partial charge in [-0.25, -0.2) is 4.98 Å². The number of thioether (sulfide) groups is 1. The Labute approximate surface area is 178 Å². The fourth-order valence-corrected chi connectivity index (χ4v) is 4.65. The van der Waals surface area contributed by atoms with E-state index in [4.69, 9.17) is 4.98 Å². The van der Waals surface area contributed by atoms with Gasteiger partial charge in [0.15, 0.2) is 4.34 Å². The SMILES string of the molecule is CCSc1nnc(NC(=O)c2cc(-c3ccc(Br)cc3)nc3ccccc23)s1. The molecule has 140 valence electrons. The van der Waals surface area contributed by atoms with Crippen molar-refractivity contribution < 1.29 is 4.79 Å². The Balaban J connectivity index is 1.73. The van der Waals surface area contributed by atoms with Crippen LogP contribution in [-0.2, 0) is 0 Å². The Morgan fingerprint density at radius 2 is 1.93 bits per heavy atom. The summed E-state index contributed by atoms with van der Waals surface area (Å²) in [5.74, 6) is 0.690. The summed E-state index contributed by atoms with van der Waals surface area (Å²) >= 11 is 6.43. The van der Waals surface area contributed by atoms with Gasteiger partial charge in [-0.2, -0.15) is 0 Å². The molecule has 0 saturated carbocycles. The van der Waals surface area contributed by atoms with Gasteiger partial charge in [0, 0.05) is 15.4 Å². The number of carbonyl (C=O) groups excluding carboxylic acids is 1. The first-order chi connectivity index (χ1) is 13.6. The number of hydrogen-bond donors (Lipinski definition) is 1. The van der Waals surface area contributed by atoms with Crippen molar-refractivity contribution in [3.05, 3.63) is 64.6 Å². The molecular formula is C20H15BrN4OS2. The van der Waals surface area contributed by atoms with E-state index in [0.29, 0.717) is 10.7 Å². The number of carbonyl (C=O) groups is 1. The zero-order chi connectivity index (χ0) is 19.5. The summed E-state index contributed by atoms with van der Waals surface area (Å²) in [5, 5.41) is 12.3. The second-order valence-corrected chi connectivity index (χ2v) is 9.24. The first-order valence-corrected chi connectivity index (χ1v) is 11.2. The molecule has 2 aromatic carbocycles. The lowest BCUT2D eigenvalue weighted by molar-refractivity contribution is 0.102. The smallest absolute Gasteiger partial charge is 0.258 e. The molecule has 5 nitrogen and oxygen atoms in total. The van der Waals surface area contributed by atoms with E-state index in [1.54, 1.807) is 11.8 Å². The summed E-state index contributed by atoms with van der Waals surface area (Å²) in [4.78, 5) is 17.7. The maximum absolute atomic E-state index is 13.0. The fourth-order valence-electron chi connectivity index (χ4n) is 2.74. The standard InChI is InChI=1S/C20H15BrN4OS2/c1-2-27-20-25-24-19(28-20)23-18(26)15-11-17(12-7-9-13(21)10-8-12)22-16-6-4-3-5-14(15)16/h3-11H,2H2,1H3,(H,23,24,26). The van der Waals surface area contributed by atoms with Crippen molar-refractivity contribution >= 4 is 61.0 Å². The van der Waals surface area contributed by atoms with Crippen LogP contribution in [0.5, 0.6) is 0 Å². The van der Waals surface area contributed by atoms with Crippen molar-refractivity contribution in [3.8, 4) is 11.3 Å². The van der Waals surface area contributed by atoms with Gasteiger partial charge in [-0.3, -0.25) is 10.1 Å². The summed E-state index contributed by atoms with van der Waals surface area (Å²) in [7, 11) is 0. The number of benzene rings is 2. The van der Waals surface area contributed by atoms with E-state index in [1.165, 1.54) is 11.3 Å². The molecule has 0 aliphatic rings. The number of nitrogens with zero attached hydrogens (tertiary/aromatic N) is 3. The molecule has 0 unspecified atom stereocenters. The highest BCUT2D eigenvalue weighted by atomic mass is 79.9. The number of pyridine rings is 1. The Hall–Kier alpha value is -2.29. The molecule has 0 atom stereocenters. The molecule has 0 aliphatic carbocycles. The Morgan fingerprint density at radius 3 is 2.71 bits per heavy atom. The van der Waals surface area contributed by atoms with Crippen molar-refractivity contribution in [2.45, 2.75) is 11.3 Å². The number of amides is 1. The van der Waals surface area contributed by atoms with Crippen LogP contribution in [0.15, 0.2) is 63.4 Å². The van der Waals surface area contributed by atoms with Gasteiger partial charge in [0.1, 0.15) is 0 Å². The van der Waals surface area contributed by atoms with Crippen molar-refractivity contribution in [2.24, 2.45) is 0 Å². The summed E-state index contributed by atoms with van der Waals surface area (Å²) in [6.07, 6.45) is 0. The zero-order valence-electron chi connectivity index (χ0n) is 14.8. The molecule has 0 radical (unpaired) electrons. The Bertz CT molecular complexity index is 1140. The van der Waals surface area contributed by atoms with Gasteiger partial charge in [0.2, 0.25) is 5.13 Å². The summed E-state index contributed by atoms with van der Waals surface area (Å²) in [5.41, 5.74) is 3.02. The molecule has 0 fully saturated rings. The lowest BCUT2D eigenvalue weighted by Crippen LogP contribution is -2.13. The highest BCUT2D eigenvalue weighted by molar-refractivity contribution is 9.10. The van der Waals surface area contributed by atoms with Gasteiger partial charge in [0.05, 0.1) is 16.8 Å². The third-order valence-corrected chi connectivity index (χ3v) is 6.38. The van der Waals surface area contributed by atoms with E-state index >= 15 is 0 Å². The maximum atomic E-state index is 13.0. The molecule has 2 heterocycles. The molecule has 1 amide bonds. The number of nitrogens with one attached hydrogen (secondary N) is 1. The van der Waals surface area contributed by atoms with Gasteiger partial charge in [0.25, 0.3) is 5.91 Å². The molecule has 4 rings (SSSR count). The number of anilines is 1. The van der Waals surface area contributed by atoms with Gasteiger partial charge >= 0.3 is 0 Å². The average Bonchev–Trinajstić information content (AvgIpc) is 3.15. The largest absolute Gasteiger partial charge is 0.296 e. The lowest BCUT2D eigenvalue weighted by atomic mass is 10.0. The summed E-state index contributed by atoms with van der Waals surface area (Å²) in [6.45, 7) is 2.05. The summed E-state index contributed by atoms with van der Waals surface area (Å²) in [6, 6.07) is 17.3. The number of halogens is 1. The predicted molar refractivity (Wildman–Crippen MR) is 119 cm³/mol. The minimum Gasteiger partial charge on any atom is -0.296 e. The van der Waals surface area contributed by atoms with Crippen LogP contribution in [0.2, 0.25) is 0 Å². The van der Waals surface area contributed by atoms with Crippen molar-refractivity contribution in [1.29, 1.82) is 0 Å². The molecular weight excluding hydrogens is 456 g/mol. The number of hydrogen-bond acceptors (Lipinski definition) is 6. The van der Waals surface area contributed by atoms with Crippen LogP contribution in [0.4, 0.5) is 5.13 Å². The quantitative estimate of drug-likeness (QED) is 0.291. The molecule has 8 heteroatoms. The molecule has 1 N–H and O–H groups in total. The fraction of sp³-hybridized carbons (Fsp3) is 0.100. The highest BCUT2D eigenvalue weighted by Gasteiger charge is 2.16. The third-order valence-electron chi connectivity index (χ3n) is 4.00. The number of para-hydroxylation sites is 1. The van der Waals surface area contributed by atoms with Gasteiger partial charge in [-0.1, -0.05) is 76.3 Å². The normalized spacial score (nSPS) is 10.9. The second kappa shape index (κ2) is 8.38. The van der Waals surface area contributed by atoms with Crippen LogP contribution < -0.4 is 5.32 Å². The van der Waals surface area contributed by atoms with Crippen LogP contribution >= 0.6 is 39.0 Å². The maximum Gasteiger partial charge on any atom is 0.258 e. The van der Waals surface area contributed by atoms with Crippen LogP contribution in [0, 0.1) is 0 Å². The van der Waals surface area contributed by atoms with E-state index in [9.17, 15) is 4.79 Å². The molecule has 28 heavy (non-hydrogen) atoms. The van der Waals surface area contributed by atoms with E-state index in [2.05, 4.69) is 38.4 Å². The number of aromatic nitrogens is 3. The predicted octanol–water partition coefficient (Wildman–Crippen LogP) is 5.88. The minimum absolute atomic E-state index is 0.221. The Morgan fingerprint density at radius 1 is 1.14 bits per heavy atom. The number of rotatable bonds is 5. The van der Waals surface area contributed by atoms with Crippen LogP contribution in [0.1, 0.15) is 17.3 Å². The van der Waals surface area contributed by atoms with E-state index in [1.807, 2.05) is 54.6 Å². The average molecular weight is 471 g/mol. The molecule has 2 aromatic heterocycles. The monoisotopic (exact) mass is 470 g/mol. The molecule has 0 bridgehead atoms. The lowest BCUT2D eigenvalue weighted by Gasteiger charge is -2.09. The number of fused-ring (bicyclic) bond motifs is 1. The highest BCUT2D eigenvalue weighted by Crippen LogP contribution is 2.28. The molecule has 4 aromatic rings. The Kier molecular flexibility index (Phi) is 5.70. The van der Waals surface area contributed by atoms with E-state index < -0.39 is 0 Å². The van der Waals surface area contributed by atoms with Crippen molar-refractivity contribution in [1.82, 2.24) is 15.2 Å². The molecule has 0 aliphatic heterocycles. The first kappa shape index (κ1) is 19.0. The van der Waals surface area contributed by atoms with Crippen LogP contribution in [0.3, 0.4) is 0 Å².